The average Bonchev–Trinajstić information content (AvgIpc) is 2.53. The Kier molecular flexibility index (Phi) is 9.72. The molecule has 0 spiro atoms. The Morgan fingerprint density at radius 2 is 2.00 bits per heavy atom. The number of benzene rings is 1. The molecule has 2 nitrogen and oxygen atoms in total. The summed E-state index contributed by atoms with van der Waals surface area (Å²) in [5.41, 5.74) is -0.785. The van der Waals surface area contributed by atoms with Gasteiger partial charge in [-0.3, -0.25) is 4.79 Å². The maximum absolute atomic E-state index is 12.8. The third-order valence-electron chi connectivity index (χ3n) is 3.80. The fraction of sp³-hybridized carbons (Fsp3) is 0.611. The SMILES string of the molecule is CCCCC(CC)COC(=O)CCSc1cc(Cl)cc(C(F)(F)F)c1. The van der Waals surface area contributed by atoms with Crippen LogP contribution in [0.1, 0.15) is 51.5 Å². The maximum atomic E-state index is 12.8. The van der Waals surface area contributed by atoms with E-state index >= 15 is 0 Å². The lowest BCUT2D eigenvalue weighted by atomic mass is 10.0. The lowest BCUT2D eigenvalue weighted by Gasteiger charge is -2.14. The molecule has 1 rings (SSSR count). The summed E-state index contributed by atoms with van der Waals surface area (Å²) in [5, 5.41) is 0.0293. The molecule has 0 aromatic heterocycles. The first-order valence-electron chi connectivity index (χ1n) is 8.42. The standard InChI is InChI=1S/C18H24ClF3O2S/c1-3-5-6-13(4-2)12-24-17(23)7-8-25-16-10-14(18(20,21)22)9-15(19)11-16/h9-11,13H,3-8,12H2,1-2H3. The van der Waals surface area contributed by atoms with Gasteiger partial charge in [0.25, 0.3) is 0 Å². The molecule has 1 aromatic carbocycles. The maximum Gasteiger partial charge on any atom is 0.416 e. The summed E-state index contributed by atoms with van der Waals surface area (Å²) in [7, 11) is 0. The van der Waals surface area contributed by atoms with Gasteiger partial charge in [-0.1, -0.05) is 44.7 Å². The first-order valence-corrected chi connectivity index (χ1v) is 9.78. The topological polar surface area (TPSA) is 26.3 Å². The summed E-state index contributed by atoms with van der Waals surface area (Å²) < 4.78 is 43.5. The summed E-state index contributed by atoms with van der Waals surface area (Å²) in [4.78, 5) is 12.2. The molecule has 0 saturated heterocycles. The van der Waals surface area contributed by atoms with Gasteiger partial charge in [-0.15, -0.1) is 11.8 Å². The molecule has 0 fully saturated rings. The van der Waals surface area contributed by atoms with Crippen molar-refractivity contribution in [1.82, 2.24) is 0 Å². The van der Waals surface area contributed by atoms with Gasteiger partial charge in [0.05, 0.1) is 18.6 Å². The molecule has 0 saturated carbocycles. The number of hydrogen-bond donors (Lipinski definition) is 0. The van der Waals surface area contributed by atoms with Crippen LogP contribution in [-0.2, 0) is 15.7 Å². The van der Waals surface area contributed by atoms with Crippen molar-refractivity contribution in [2.75, 3.05) is 12.4 Å². The van der Waals surface area contributed by atoms with Crippen LogP contribution < -0.4 is 0 Å². The number of ether oxygens (including phenoxy) is 1. The van der Waals surface area contributed by atoms with Crippen molar-refractivity contribution in [3.8, 4) is 0 Å². The van der Waals surface area contributed by atoms with Crippen molar-refractivity contribution in [1.29, 1.82) is 0 Å². The number of unbranched alkanes of at least 4 members (excludes halogenated alkanes) is 1. The molecule has 1 unspecified atom stereocenters. The predicted molar refractivity (Wildman–Crippen MR) is 96.1 cm³/mol. The van der Waals surface area contributed by atoms with E-state index < -0.39 is 11.7 Å². The van der Waals surface area contributed by atoms with E-state index in [2.05, 4.69) is 13.8 Å². The number of rotatable bonds is 10. The lowest BCUT2D eigenvalue weighted by molar-refractivity contribution is -0.144. The second kappa shape index (κ2) is 11.0. The van der Waals surface area contributed by atoms with Crippen LogP contribution in [0.15, 0.2) is 23.1 Å². The molecule has 25 heavy (non-hydrogen) atoms. The molecule has 142 valence electrons. The third kappa shape index (κ3) is 8.86. The molecule has 0 aliphatic carbocycles. The molecule has 0 bridgehead atoms. The Hall–Kier alpha value is -0.880. The average molecular weight is 397 g/mol. The number of esters is 1. The number of hydrogen-bond acceptors (Lipinski definition) is 3. The summed E-state index contributed by atoms with van der Waals surface area (Å²) in [6.45, 7) is 4.60. The fourth-order valence-electron chi connectivity index (χ4n) is 2.24. The smallest absolute Gasteiger partial charge is 0.416 e. The highest BCUT2D eigenvalue weighted by molar-refractivity contribution is 7.99. The molecular weight excluding hydrogens is 373 g/mol. The number of alkyl halides is 3. The van der Waals surface area contributed by atoms with Crippen molar-refractivity contribution in [2.45, 2.75) is 57.0 Å². The van der Waals surface area contributed by atoms with Crippen molar-refractivity contribution >= 4 is 29.3 Å². The van der Waals surface area contributed by atoms with Crippen LogP contribution in [0.4, 0.5) is 13.2 Å². The van der Waals surface area contributed by atoms with E-state index in [1.165, 1.54) is 6.07 Å². The van der Waals surface area contributed by atoms with E-state index in [1.807, 2.05) is 0 Å². The molecule has 0 N–H and O–H groups in total. The normalized spacial score (nSPS) is 12.9. The van der Waals surface area contributed by atoms with Crippen LogP contribution in [0.25, 0.3) is 0 Å². The molecule has 0 amide bonds. The molecule has 0 heterocycles. The monoisotopic (exact) mass is 396 g/mol. The molecule has 0 radical (unpaired) electrons. The van der Waals surface area contributed by atoms with E-state index in [9.17, 15) is 18.0 Å². The van der Waals surface area contributed by atoms with Gasteiger partial charge in [-0.2, -0.15) is 13.2 Å². The highest BCUT2D eigenvalue weighted by Gasteiger charge is 2.31. The minimum absolute atomic E-state index is 0.0293. The number of halogens is 4. The van der Waals surface area contributed by atoms with Crippen molar-refractivity contribution < 1.29 is 22.7 Å². The summed E-state index contributed by atoms with van der Waals surface area (Å²) >= 11 is 6.90. The summed E-state index contributed by atoms with van der Waals surface area (Å²) in [6.07, 6.45) is -0.0546. The van der Waals surface area contributed by atoms with Crippen LogP contribution >= 0.6 is 23.4 Å². The third-order valence-corrected chi connectivity index (χ3v) is 4.99. The Balaban J connectivity index is 2.42. The van der Waals surface area contributed by atoms with Gasteiger partial charge in [-0.25, -0.2) is 0 Å². The van der Waals surface area contributed by atoms with Gasteiger partial charge in [0.1, 0.15) is 0 Å². The Bertz CT molecular complexity index is 550. The van der Waals surface area contributed by atoms with Gasteiger partial charge in [0, 0.05) is 15.7 Å². The van der Waals surface area contributed by atoms with Crippen LogP contribution in [0, 0.1) is 5.92 Å². The number of carbonyl (C=O) groups is 1. The summed E-state index contributed by atoms with van der Waals surface area (Å²) in [6, 6.07) is 3.39. The Labute approximate surface area is 156 Å². The lowest BCUT2D eigenvalue weighted by Crippen LogP contribution is -2.14. The van der Waals surface area contributed by atoms with E-state index in [0.29, 0.717) is 23.2 Å². The molecule has 0 aliphatic rings. The highest BCUT2D eigenvalue weighted by Crippen LogP contribution is 2.34. The van der Waals surface area contributed by atoms with Gasteiger partial charge in [0.15, 0.2) is 0 Å². The van der Waals surface area contributed by atoms with Crippen molar-refractivity contribution in [2.24, 2.45) is 5.92 Å². The molecule has 1 aromatic rings. The van der Waals surface area contributed by atoms with E-state index in [-0.39, 0.29) is 17.4 Å². The van der Waals surface area contributed by atoms with Gasteiger partial charge in [0.2, 0.25) is 0 Å². The first kappa shape index (κ1) is 22.2. The summed E-state index contributed by atoms with van der Waals surface area (Å²) in [5.74, 6) is 0.404. The molecule has 0 aliphatic heterocycles. The zero-order valence-corrected chi connectivity index (χ0v) is 16.1. The van der Waals surface area contributed by atoms with Crippen LogP contribution in [0.2, 0.25) is 5.02 Å². The predicted octanol–water partition coefficient (Wildman–Crippen LogP) is 6.60. The van der Waals surface area contributed by atoms with Gasteiger partial charge in [-0.05, 0) is 30.5 Å². The van der Waals surface area contributed by atoms with Crippen LogP contribution in [-0.4, -0.2) is 18.3 Å². The van der Waals surface area contributed by atoms with E-state index in [4.69, 9.17) is 16.3 Å². The second-order valence-corrected chi connectivity index (χ2v) is 7.48. The minimum Gasteiger partial charge on any atom is -0.465 e. The first-order chi connectivity index (χ1) is 11.8. The largest absolute Gasteiger partial charge is 0.465 e. The molecular formula is C18H24ClF3O2S. The highest BCUT2D eigenvalue weighted by atomic mass is 35.5. The van der Waals surface area contributed by atoms with Crippen LogP contribution in [0.5, 0.6) is 0 Å². The van der Waals surface area contributed by atoms with Crippen LogP contribution in [0.3, 0.4) is 0 Å². The van der Waals surface area contributed by atoms with Gasteiger partial charge < -0.3 is 4.74 Å². The zero-order chi connectivity index (χ0) is 18.9. The minimum atomic E-state index is -4.44. The van der Waals surface area contributed by atoms with Crippen molar-refractivity contribution in [3.05, 3.63) is 28.8 Å². The molecule has 7 heteroatoms. The van der Waals surface area contributed by atoms with Gasteiger partial charge >= 0.3 is 12.1 Å². The fourth-order valence-corrected chi connectivity index (χ4v) is 3.47. The molecule has 1 atom stereocenters. The zero-order valence-electron chi connectivity index (χ0n) is 14.5. The van der Waals surface area contributed by atoms with E-state index in [1.54, 1.807) is 0 Å². The quantitative estimate of drug-likeness (QED) is 0.329. The second-order valence-electron chi connectivity index (χ2n) is 5.87. The Morgan fingerprint density at radius 3 is 2.60 bits per heavy atom. The van der Waals surface area contributed by atoms with E-state index in [0.717, 1.165) is 49.6 Å². The number of thioether (sulfide) groups is 1. The van der Waals surface area contributed by atoms with Crippen molar-refractivity contribution in [3.63, 3.8) is 0 Å². The number of carbonyl (C=O) groups excluding carboxylic acids is 1. The Morgan fingerprint density at radius 1 is 1.28 bits per heavy atom.